The van der Waals surface area contributed by atoms with Crippen LogP contribution in [0.4, 0.5) is 16.4 Å². The van der Waals surface area contributed by atoms with E-state index < -0.39 is 0 Å². The molecular weight excluding hydrogens is 446 g/mol. The fraction of sp³-hybridized carbons (Fsp3) is 0.346. The van der Waals surface area contributed by atoms with Crippen LogP contribution in [0.5, 0.6) is 0 Å². The van der Waals surface area contributed by atoms with Crippen LogP contribution in [0.3, 0.4) is 0 Å². The molecule has 3 aromatic rings. The molecule has 4 N–H and O–H groups in total. The maximum Gasteiger partial charge on any atom is 0.271 e. The summed E-state index contributed by atoms with van der Waals surface area (Å²) in [6, 6.07) is 12.0. The highest BCUT2D eigenvalue weighted by atomic mass is 32.1. The Morgan fingerprint density at radius 1 is 1.18 bits per heavy atom. The number of aromatic nitrogens is 1. The number of hydrogen-bond acceptors (Lipinski definition) is 5. The number of carbonyl (C=O) groups excluding carboxylic acids is 1. The maximum atomic E-state index is 13.5. The van der Waals surface area contributed by atoms with E-state index in [9.17, 15) is 9.59 Å². The second-order valence-electron chi connectivity index (χ2n) is 9.25. The van der Waals surface area contributed by atoms with E-state index in [-0.39, 0.29) is 23.3 Å². The molecule has 2 heterocycles. The number of benzene rings is 2. The molecule has 0 aliphatic carbocycles. The summed E-state index contributed by atoms with van der Waals surface area (Å²) in [5.41, 5.74) is 11.9. The summed E-state index contributed by atoms with van der Waals surface area (Å²) in [4.78, 5) is 31.9. The third-order valence-corrected chi connectivity index (χ3v) is 6.78. The monoisotopic (exact) mass is 477 g/mol. The summed E-state index contributed by atoms with van der Waals surface area (Å²) in [6.07, 6.45) is 0.868. The van der Waals surface area contributed by atoms with Crippen molar-refractivity contribution in [2.45, 2.75) is 53.0 Å². The Bertz CT molecular complexity index is 1320. The number of amidine groups is 1. The van der Waals surface area contributed by atoms with E-state index in [1.54, 1.807) is 0 Å². The van der Waals surface area contributed by atoms with Crippen LogP contribution in [-0.4, -0.2) is 28.7 Å². The van der Waals surface area contributed by atoms with Gasteiger partial charge in [-0.1, -0.05) is 26.0 Å². The number of aryl methyl sites for hydroxylation is 1. The molecule has 1 aromatic heterocycles. The van der Waals surface area contributed by atoms with Gasteiger partial charge in [0.25, 0.3) is 11.5 Å². The Morgan fingerprint density at radius 2 is 1.94 bits per heavy atom. The predicted octanol–water partition coefficient (Wildman–Crippen LogP) is 4.93. The Labute approximate surface area is 203 Å². The second-order valence-corrected chi connectivity index (χ2v) is 10.1. The van der Waals surface area contributed by atoms with Crippen LogP contribution >= 0.6 is 11.5 Å². The smallest absolute Gasteiger partial charge is 0.271 e. The number of amides is 1. The molecule has 178 valence electrons. The van der Waals surface area contributed by atoms with Gasteiger partial charge >= 0.3 is 0 Å². The first-order chi connectivity index (χ1) is 16.2. The number of anilines is 3. The van der Waals surface area contributed by atoms with E-state index in [2.05, 4.69) is 46.7 Å². The molecule has 1 amide bonds. The quantitative estimate of drug-likeness (QED) is 0.346. The van der Waals surface area contributed by atoms with Crippen LogP contribution in [0.1, 0.15) is 66.2 Å². The Kier molecular flexibility index (Phi) is 6.61. The van der Waals surface area contributed by atoms with E-state index in [0.29, 0.717) is 28.6 Å². The molecule has 0 unspecified atom stereocenters. The topological polar surface area (TPSA) is 104 Å². The molecule has 0 saturated heterocycles. The van der Waals surface area contributed by atoms with Crippen LogP contribution in [0.25, 0.3) is 0 Å². The Hall–Kier alpha value is -3.39. The van der Waals surface area contributed by atoms with Crippen molar-refractivity contribution >= 4 is 39.7 Å². The summed E-state index contributed by atoms with van der Waals surface area (Å²) in [7, 11) is 0. The summed E-state index contributed by atoms with van der Waals surface area (Å²) in [6.45, 7) is 10.7. The number of H-pyrrole nitrogens is 1. The second kappa shape index (κ2) is 9.46. The molecule has 1 aliphatic rings. The van der Waals surface area contributed by atoms with Crippen LogP contribution < -0.4 is 21.5 Å². The van der Waals surface area contributed by atoms with Gasteiger partial charge in [0, 0.05) is 29.5 Å². The van der Waals surface area contributed by atoms with Crippen molar-refractivity contribution in [3.05, 3.63) is 74.6 Å². The van der Waals surface area contributed by atoms with Crippen molar-refractivity contribution < 1.29 is 4.79 Å². The lowest BCUT2D eigenvalue weighted by Gasteiger charge is -2.20. The summed E-state index contributed by atoms with van der Waals surface area (Å²) in [5, 5.41) is 3.86. The van der Waals surface area contributed by atoms with Crippen LogP contribution in [0, 0.1) is 6.92 Å². The lowest BCUT2D eigenvalue weighted by molar-refractivity contribution is 0.0989. The van der Waals surface area contributed by atoms with E-state index in [4.69, 9.17) is 5.73 Å². The van der Waals surface area contributed by atoms with Gasteiger partial charge in [0.05, 0.1) is 0 Å². The molecule has 8 heteroatoms. The fourth-order valence-electron chi connectivity index (χ4n) is 4.19. The zero-order valence-electron chi connectivity index (χ0n) is 20.2. The zero-order valence-corrected chi connectivity index (χ0v) is 21.0. The number of fused-ring (bicyclic) bond motifs is 1. The van der Waals surface area contributed by atoms with Gasteiger partial charge in [-0.3, -0.25) is 19.0 Å². The minimum Gasteiger partial charge on any atom is -0.383 e. The molecular formula is C26H31N5O2S. The average Bonchev–Trinajstić information content (AvgIpc) is 3.35. The molecule has 2 aromatic carbocycles. The number of carbonyl (C=O) groups is 1. The van der Waals surface area contributed by atoms with Crippen molar-refractivity contribution in [1.82, 2.24) is 4.37 Å². The van der Waals surface area contributed by atoms with Crippen molar-refractivity contribution in [1.29, 1.82) is 0 Å². The van der Waals surface area contributed by atoms with E-state index in [1.807, 2.05) is 43.9 Å². The number of nitrogens with one attached hydrogen (secondary N) is 2. The highest BCUT2D eigenvalue weighted by molar-refractivity contribution is 7.10. The first-order valence-electron chi connectivity index (χ1n) is 11.5. The molecule has 0 spiro atoms. The van der Waals surface area contributed by atoms with Crippen molar-refractivity contribution in [2.24, 2.45) is 10.7 Å². The first-order valence-corrected chi connectivity index (χ1v) is 12.3. The summed E-state index contributed by atoms with van der Waals surface area (Å²) < 4.78 is 2.72. The number of hydrogen-bond donors (Lipinski definition) is 3. The van der Waals surface area contributed by atoms with Crippen molar-refractivity contribution in [3.8, 4) is 0 Å². The normalized spacial score (nSPS) is 13.6. The molecule has 34 heavy (non-hydrogen) atoms. The van der Waals surface area contributed by atoms with Gasteiger partial charge in [-0.25, -0.2) is 0 Å². The van der Waals surface area contributed by atoms with Gasteiger partial charge in [-0.2, -0.15) is 0 Å². The molecule has 0 saturated carbocycles. The number of nitrogens with zero attached hydrogens (tertiary/aromatic N) is 2. The third kappa shape index (κ3) is 4.63. The largest absolute Gasteiger partial charge is 0.383 e. The number of aliphatic imine (C=N–C) groups is 1. The Balaban J connectivity index is 1.59. The molecule has 0 radical (unpaired) electrons. The van der Waals surface area contributed by atoms with Crippen LogP contribution in [0.15, 0.2) is 46.2 Å². The highest BCUT2D eigenvalue weighted by Gasteiger charge is 2.27. The number of aromatic amines is 1. The van der Waals surface area contributed by atoms with Gasteiger partial charge in [0.15, 0.2) is 0 Å². The van der Waals surface area contributed by atoms with E-state index >= 15 is 0 Å². The van der Waals surface area contributed by atoms with Crippen molar-refractivity contribution in [2.75, 3.05) is 16.8 Å². The average molecular weight is 478 g/mol. The van der Waals surface area contributed by atoms with E-state index in [0.717, 1.165) is 23.4 Å². The number of nitrogens with two attached hydrogens (primary N) is 1. The van der Waals surface area contributed by atoms with Crippen LogP contribution in [0.2, 0.25) is 0 Å². The lowest BCUT2D eigenvalue weighted by atomic mass is 10.00. The van der Waals surface area contributed by atoms with Gasteiger partial charge in [-0.15, -0.1) is 0 Å². The molecule has 0 fully saturated rings. The molecule has 7 nitrogen and oxygen atoms in total. The number of rotatable bonds is 6. The SMILES string of the molecule is Cc1cc(Nc2s[nH]c(=O)c2C(N)=NC(C)C)ccc1C(=O)N1CCc2ccc(C(C)C)cc21. The van der Waals surface area contributed by atoms with Gasteiger partial charge in [0.2, 0.25) is 0 Å². The maximum absolute atomic E-state index is 13.5. The Morgan fingerprint density at radius 3 is 2.62 bits per heavy atom. The predicted molar refractivity (Wildman–Crippen MR) is 141 cm³/mol. The van der Waals surface area contributed by atoms with Gasteiger partial charge in [0.1, 0.15) is 16.4 Å². The zero-order chi connectivity index (χ0) is 24.6. The minimum atomic E-state index is -0.272. The fourth-order valence-corrected chi connectivity index (χ4v) is 4.96. The van der Waals surface area contributed by atoms with E-state index in [1.165, 1.54) is 22.7 Å². The highest BCUT2D eigenvalue weighted by Crippen LogP contribution is 2.33. The molecule has 1 aliphatic heterocycles. The first kappa shape index (κ1) is 23.8. The lowest BCUT2D eigenvalue weighted by Crippen LogP contribution is -2.29. The molecule has 4 rings (SSSR count). The standard InChI is InChI=1S/C26H31N5O2S/c1-14(2)18-7-6-17-10-11-31(21(17)13-18)26(33)20-9-8-19(12-16(20)5)29-25-22(24(32)30-34-25)23(27)28-15(3)4/h6-9,12-15,29H,10-11H2,1-5H3,(H2,27,28)(H,30,32). The summed E-state index contributed by atoms with van der Waals surface area (Å²) in [5.74, 6) is 0.615. The van der Waals surface area contributed by atoms with Crippen LogP contribution in [-0.2, 0) is 6.42 Å². The molecule has 0 atom stereocenters. The third-order valence-electron chi connectivity index (χ3n) is 5.98. The minimum absolute atomic E-state index is 0.00371. The van der Waals surface area contributed by atoms with Crippen molar-refractivity contribution in [3.63, 3.8) is 0 Å². The summed E-state index contributed by atoms with van der Waals surface area (Å²) >= 11 is 1.17. The van der Waals surface area contributed by atoms with Gasteiger partial charge in [-0.05, 0) is 85.6 Å². The van der Waals surface area contributed by atoms with Gasteiger partial charge < -0.3 is 16.0 Å². The molecule has 0 bridgehead atoms.